The standard InChI is InChI=1S/C13H19N3O3/c1-15(13(18)19)11-4-5-16(7-11)12-3-2-10(14)6-9(12)8-17/h2-3,6,11,17H,4-5,7-8,14H2,1H3,(H,18,19). The Hall–Kier alpha value is -1.95. The topological polar surface area (TPSA) is 90.0 Å². The first-order valence-corrected chi connectivity index (χ1v) is 6.23. The summed E-state index contributed by atoms with van der Waals surface area (Å²) < 4.78 is 0. The van der Waals surface area contributed by atoms with Crippen molar-refractivity contribution in [2.45, 2.75) is 19.1 Å². The SMILES string of the molecule is CN(C(=O)O)C1CCN(c2ccc(N)cc2CO)C1. The molecule has 0 aliphatic carbocycles. The minimum atomic E-state index is -0.911. The third-order valence-corrected chi connectivity index (χ3v) is 3.63. The second-order valence-corrected chi connectivity index (χ2v) is 4.83. The number of hydrogen-bond donors (Lipinski definition) is 3. The fourth-order valence-electron chi connectivity index (χ4n) is 2.47. The maximum atomic E-state index is 10.9. The van der Waals surface area contributed by atoms with Crippen LogP contribution in [0.15, 0.2) is 18.2 Å². The van der Waals surface area contributed by atoms with E-state index < -0.39 is 6.09 Å². The highest BCUT2D eigenvalue weighted by Crippen LogP contribution is 2.27. The third kappa shape index (κ3) is 2.73. The molecule has 1 aliphatic rings. The number of aliphatic hydroxyl groups is 1. The van der Waals surface area contributed by atoms with Crippen LogP contribution in [0.3, 0.4) is 0 Å². The number of nitrogens with two attached hydrogens (primary N) is 1. The fraction of sp³-hybridized carbons (Fsp3) is 0.462. The number of carbonyl (C=O) groups is 1. The van der Waals surface area contributed by atoms with Crippen LogP contribution < -0.4 is 10.6 Å². The van der Waals surface area contributed by atoms with E-state index in [1.165, 1.54) is 4.90 Å². The Balaban J connectivity index is 2.15. The van der Waals surface area contributed by atoms with Crippen LogP contribution in [0.25, 0.3) is 0 Å². The van der Waals surface area contributed by atoms with Crippen molar-refractivity contribution in [1.29, 1.82) is 0 Å². The van der Waals surface area contributed by atoms with E-state index >= 15 is 0 Å². The average molecular weight is 265 g/mol. The zero-order valence-corrected chi connectivity index (χ0v) is 10.9. The largest absolute Gasteiger partial charge is 0.465 e. The third-order valence-electron chi connectivity index (χ3n) is 3.63. The summed E-state index contributed by atoms with van der Waals surface area (Å²) in [6.45, 7) is 1.34. The Morgan fingerprint density at radius 2 is 2.32 bits per heavy atom. The molecular weight excluding hydrogens is 246 g/mol. The monoisotopic (exact) mass is 265 g/mol. The molecule has 0 radical (unpaired) electrons. The molecule has 1 aromatic rings. The lowest BCUT2D eigenvalue weighted by molar-refractivity contribution is 0.142. The maximum Gasteiger partial charge on any atom is 0.407 e. The van der Waals surface area contributed by atoms with Crippen molar-refractivity contribution in [2.75, 3.05) is 30.8 Å². The van der Waals surface area contributed by atoms with Crippen LogP contribution in [0, 0.1) is 0 Å². The number of nitrogen functional groups attached to an aromatic ring is 1. The van der Waals surface area contributed by atoms with Gasteiger partial charge in [0.15, 0.2) is 0 Å². The first kappa shape index (κ1) is 13.5. The van der Waals surface area contributed by atoms with Crippen LogP contribution >= 0.6 is 0 Å². The van der Waals surface area contributed by atoms with Crippen molar-refractivity contribution in [3.63, 3.8) is 0 Å². The molecule has 1 aromatic carbocycles. The van der Waals surface area contributed by atoms with Crippen molar-refractivity contribution < 1.29 is 15.0 Å². The molecule has 1 unspecified atom stereocenters. The van der Waals surface area contributed by atoms with Gasteiger partial charge in [-0.05, 0) is 24.6 Å². The van der Waals surface area contributed by atoms with E-state index in [1.54, 1.807) is 19.2 Å². The predicted molar refractivity (Wildman–Crippen MR) is 73.2 cm³/mol. The van der Waals surface area contributed by atoms with Gasteiger partial charge in [-0.25, -0.2) is 4.79 Å². The number of likely N-dealkylation sites (N-methyl/N-ethyl adjacent to an activating group) is 1. The number of rotatable bonds is 3. The van der Waals surface area contributed by atoms with E-state index in [9.17, 15) is 9.90 Å². The van der Waals surface area contributed by atoms with Gasteiger partial charge in [0.1, 0.15) is 0 Å². The maximum absolute atomic E-state index is 10.9. The number of anilines is 2. The number of nitrogens with zero attached hydrogens (tertiary/aromatic N) is 2. The summed E-state index contributed by atoms with van der Waals surface area (Å²) in [6.07, 6.45) is -0.121. The molecule has 104 valence electrons. The van der Waals surface area contributed by atoms with Crippen molar-refractivity contribution in [1.82, 2.24) is 4.90 Å². The van der Waals surface area contributed by atoms with E-state index in [-0.39, 0.29) is 12.6 Å². The van der Waals surface area contributed by atoms with Crippen molar-refractivity contribution >= 4 is 17.5 Å². The lowest BCUT2D eigenvalue weighted by Gasteiger charge is -2.24. The first-order chi connectivity index (χ1) is 9.02. The molecule has 1 atom stereocenters. The summed E-state index contributed by atoms with van der Waals surface area (Å²) in [5, 5.41) is 18.4. The first-order valence-electron chi connectivity index (χ1n) is 6.23. The van der Waals surface area contributed by atoms with E-state index in [1.807, 2.05) is 6.07 Å². The minimum Gasteiger partial charge on any atom is -0.465 e. The van der Waals surface area contributed by atoms with Gasteiger partial charge in [-0.15, -0.1) is 0 Å². The van der Waals surface area contributed by atoms with Gasteiger partial charge in [-0.1, -0.05) is 0 Å². The molecule has 6 heteroatoms. The molecule has 19 heavy (non-hydrogen) atoms. The van der Waals surface area contributed by atoms with Crippen molar-refractivity contribution in [3.8, 4) is 0 Å². The predicted octanol–water partition coefficient (Wildman–Crippen LogP) is 0.950. The molecule has 1 heterocycles. The number of amides is 1. The Morgan fingerprint density at radius 3 is 2.95 bits per heavy atom. The van der Waals surface area contributed by atoms with Gasteiger partial charge in [-0.3, -0.25) is 0 Å². The van der Waals surface area contributed by atoms with Gasteiger partial charge in [0.25, 0.3) is 0 Å². The Kier molecular flexibility index (Phi) is 3.80. The Labute approximate surface area is 112 Å². The molecule has 1 aliphatic heterocycles. The van der Waals surface area contributed by atoms with Gasteiger partial charge >= 0.3 is 6.09 Å². The normalized spacial score (nSPS) is 18.6. The molecule has 6 nitrogen and oxygen atoms in total. The molecule has 1 saturated heterocycles. The Bertz CT molecular complexity index is 478. The molecule has 1 amide bonds. The fourth-order valence-corrected chi connectivity index (χ4v) is 2.47. The van der Waals surface area contributed by atoms with E-state index in [0.717, 1.165) is 24.2 Å². The second-order valence-electron chi connectivity index (χ2n) is 4.83. The van der Waals surface area contributed by atoms with Crippen LogP contribution in [0.2, 0.25) is 0 Å². The summed E-state index contributed by atoms with van der Waals surface area (Å²) in [4.78, 5) is 14.4. The lowest BCUT2D eigenvalue weighted by Crippen LogP contribution is -2.38. The van der Waals surface area contributed by atoms with Crippen LogP contribution in [-0.4, -0.2) is 47.4 Å². The number of benzene rings is 1. The highest BCUT2D eigenvalue weighted by atomic mass is 16.4. The average Bonchev–Trinajstić information content (AvgIpc) is 2.86. The summed E-state index contributed by atoms with van der Waals surface area (Å²) in [5.41, 5.74) is 8.02. The van der Waals surface area contributed by atoms with E-state index in [2.05, 4.69) is 4.90 Å². The van der Waals surface area contributed by atoms with Crippen LogP contribution in [0.4, 0.5) is 16.2 Å². The zero-order chi connectivity index (χ0) is 14.0. The molecule has 4 N–H and O–H groups in total. The smallest absolute Gasteiger partial charge is 0.407 e. The number of carboxylic acid groups (broad SMARTS) is 1. The Morgan fingerprint density at radius 1 is 1.58 bits per heavy atom. The van der Waals surface area contributed by atoms with Crippen molar-refractivity contribution in [2.24, 2.45) is 0 Å². The van der Waals surface area contributed by atoms with Crippen molar-refractivity contribution in [3.05, 3.63) is 23.8 Å². The summed E-state index contributed by atoms with van der Waals surface area (Å²) in [6, 6.07) is 5.41. The van der Waals surface area contributed by atoms with Gasteiger partial charge in [0, 0.05) is 37.1 Å². The quantitative estimate of drug-likeness (QED) is 0.708. The molecule has 1 fully saturated rings. The zero-order valence-electron chi connectivity index (χ0n) is 10.9. The summed E-state index contributed by atoms with van der Waals surface area (Å²) in [5.74, 6) is 0. The molecule has 0 saturated carbocycles. The summed E-state index contributed by atoms with van der Waals surface area (Å²) >= 11 is 0. The van der Waals surface area contributed by atoms with Crippen LogP contribution in [-0.2, 0) is 6.61 Å². The highest BCUT2D eigenvalue weighted by molar-refractivity contribution is 5.66. The highest BCUT2D eigenvalue weighted by Gasteiger charge is 2.29. The molecule has 0 bridgehead atoms. The minimum absolute atomic E-state index is 0.0124. The number of hydrogen-bond acceptors (Lipinski definition) is 4. The summed E-state index contributed by atoms with van der Waals surface area (Å²) in [7, 11) is 1.59. The van der Waals surface area contributed by atoms with Gasteiger partial charge in [-0.2, -0.15) is 0 Å². The molecule has 0 spiro atoms. The van der Waals surface area contributed by atoms with E-state index in [4.69, 9.17) is 10.8 Å². The molecule has 2 rings (SSSR count). The lowest BCUT2D eigenvalue weighted by atomic mass is 10.1. The number of aliphatic hydroxyl groups excluding tert-OH is 1. The van der Waals surface area contributed by atoms with Crippen LogP contribution in [0.1, 0.15) is 12.0 Å². The molecule has 0 aromatic heterocycles. The van der Waals surface area contributed by atoms with Gasteiger partial charge in [0.05, 0.1) is 12.6 Å². The van der Waals surface area contributed by atoms with Gasteiger partial charge in [0.2, 0.25) is 0 Å². The second kappa shape index (κ2) is 5.36. The van der Waals surface area contributed by atoms with E-state index in [0.29, 0.717) is 12.2 Å². The van der Waals surface area contributed by atoms with Gasteiger partial charge < -0.3 is 25.7 Å². The van der Waals surface area contributed by atoms with Crippen LogP contribution in [0.5, 0.6) is 0 Å². The molecular formula is C13H19N3O3.